The summed E-state index contributed by atoms with van der Waals surface area (Å²) in [5, 5.41) is 5.10. The number of fused-ring (bicyclic) bond motifs is 1. The molecule has 0 radical (unpaired) electrons. The van der Waals surface area contributed by atoms with E-state index >= 15 is 0 Å². The first-order chi connectivity index (χ1) is 16.3. The normalized spacial score (nSPS) is 21.2. The van der Waals surface area contributed by atoms with Crippen molar-refractivity contribution in [2.24, 2.45) is 5.92 Å². The van der Waals surface area contributed by atoms with Crippen LogP contribution in [-0.4, -0.2) is 40.8 Å². The Morgan fingerprint density at radius 3 is 2.41 bits per heavy atom. The van der Waals surface area contributed by atoms with Crippen molar-refractivity contribution < 1.29 is 18.8 Å². The Balaban J connectivity index is 1.28. The average Bonchev–Trinajstić information content (AvgIpc) is 3.41. The number of nitrogens with one attached hydrogen (secondary N) is 2. The second-order valence-electron chi connectivity index (χ2n) is 9.49. The zero-order valence-electron chi connectivity index (χ0n) is 19.6. The molecule has 4 amide bonds. The van der Waals surface area contributed by atoms with Gasteiger partial charge in [-0.15, -0.1) is 0 Å². The van der Waals surface area contributed by atoms with Crippen LogP contribution < -0.4 is 10.6 Å². The van der Waals surface area contributed by atoms with E-state index in [-0.39, 0.29) is 23.7 Å². The Morgan fingerprint density at radius 2 is 1.82 bits per heavy atom. The first kappa shape index (κ1) is 22.1. The molecule has 1 atom stereocenters. The SMILES string of the molecule is Cc1cccc2nc(C3CCN(C(=O)c4ccc(C5(C(C)C)NC(=O)NC5=O)cc4)CC3)oc12. The molecule has 1 unspecified atom stereocenters. The lowest BCUT2D eigenvalue weighted by molar-refractivity contribution is -0.125. The minimum atomic E-state index is -1.13. The summed E-state index contributed by atoms with van der Waals surface area (Å²) in [6.45, 7) is 7.02. The van der Waals surface area contributed by atoms with E-state index in [1.54, 1.807) is 24.3 Å². The molecule has 8 heteroatoms. The predicted octanol–water partition coefficient (Wildman–Crippen LogP) is 3.85. The third kappa shape index (κ3) is 3.54. The van der Waals surface area contributed by atoms with Crippen molar-refractivity contribution in [2.75, 3.05) is 13.1 Å². The Labute approximate surface area is 197 Å². The first-order valence-corrected chi connectivity index (χ1v) is 11.7. The summed E-state index contributed by atoms with van der Waals surface area (Å²) in [4.78, 5) is 44.0. The summed E-state index contributed by atoms with van der Waals surface area (Å²) in [5.41, 5.74) is 2.87. The Bertz CT molecular complexity index is 1270. The van der Waals surface area contributed by atoms with Crippen molar-refractivity contribution in [2.45, 2.75) is 45.1 Å². The van der Waals surface area contributed by atoms with Crippen molar-refractivity contribution in [3.63, 3.8) is 0 Å². The monoisotopic (exact) mass is 460 g/mol. The number of aryl methyl sites for hydroxylation is 1. The van der Waals surface area contributed by atoms with Gasteiger partial charge in [-0.25, -0.2) is 9.78 Å². The highest BCUT2D eigenvalue weighted by atomic mass is 16.3. The standard InChI is InChI=1S/C26H28N4O4/c1-15(2)26(24(32)28-25(33)29-26)19-9-7-18(8-10-19)23(31)30-13-11-17(12-14-30)22-27-20-6-4-5-16(3)21(20)34-22/h4-10,15,17H,11-14H2,1-3H3,(H2,28,29,32,33). The van der Waals surface area contributed by atoms with Gasteiger partial charge in [0.1, 0.15) is 11.1 Å². The fourth-order valence-corrected chi connectivity index (χ4v) is 5.08. The maximum atomic E-state index is 13.1. The second-order valence-corrected chi connectivity index (χ2v) is 9.49. The lowest BCUT2D eigenvalue weighted by Crippen LogP contribution is -2.48. The van der Waals surface area contributed by atoms with Crippen molar-refractivity contribution in [3.8, 4) is 0 Å². The zero-order chi connectivity index (χ0) is 24.0. The fourth-order valence-electron chi connectivity index (χ4n) is 5.08. The Kier molecular flexibility index (Phi) is 5.38. The van der Waals surface area contributed by atoms with Gasteiger partial charge in [0.25, 0.3) is 11.8 Å². The molecule has 176 valence electrons. The van der Waals surface area contributed by atoms with Gasteiger partial charge in [-0.2, -0.15) is 0 Å². The van der Waals surface area contributed by atoms with Crippen LogP contribution in [0.25, 0.3) is 11.1 Å². The number of benzene rings is 2. The van der Waals surface area contributed by atoms with Gasteiger partial charge in [-0.1, -0.05) is 38.1 Å². The van der Waals surface area contributed by atoms with Gasteiger partial charge in [0.15, 0.2) is 11.5 Å². The maximum Gasteiger partial charge on any atom is 0.322 e. The molecular weight excluding hydrogens is 432 g/mol. The van der Waals surface area contributed by atoms with Crippen LogP contribution in [0.4, 0.5) is 4.79 Å². The number of hydrogen-bond donors (Lipinski definition) is 2. The molecule has 2 aliphatic heterocycles. The number of aromatic nitrogens is 1. The third-order valence-electron chi connectivity index (χ3n) is 7.11. The number of hydrogen-bond acceptors (Lipinski definition) is 5. The molecule has 2 aliphatic rings. The van der Waals surface area contributed by atoms with Gasteiger partial charge in [0.2, 0.25) is 0 Å². The summed E-state index contributed by atoms with van der Waals surface area (Å²) < 4.78 is 6.05. The van der Waals surface area contributed by atoms with E-state index < -0.39 is 11.6 Å². The van der Waals surface area contributed by atoms with Crippen LogP contribution in [-0.2, 0) is 10.3 Å². The zero-order valence-corrected chi connectivity index (χ0v) is 19.6. The molecule has 3 aromatic rings. The number of nitrogens with zero attached hydrogens (tertiary/aromatic N) is 2. The van der Waals surface area contributed by atoms with Gasteiger partial charge in [-0.3, -0.25) is 14.9 Å². The number of carbonyl (C=O) groups is 3. The molecule has 34 heavy (non-hydrogen) atoms. The van der Waals surface area contributed by atoms with Crippen molar-refractivity contribution >= 4 is 28.9 Å². The number of oxazole rings is 1. The summed E-state index contributed by atoms with van der Waals surface area (Å²) in [5.74, 6) is 0.361. The number of likely N-dealkylation sites (tertiary alicyclic amines) is 1. The highest BCUT2D eigenvalue weighted by molar-refractivity contribution is 6.07. The molecule has 2 N–H and O–H groups in total. The summed E-state index contributed by atoms with van der Waals surface area (Å²) in [6.07, 6.45) is 1.58. The minimum absolute atomic E-state index is 0.0445. The van der Waals surface area contributed by atoms with E-state index in [0.717, 1.165) is 35.4 Å². The van der Waals surface area contributed by atoms with Crippen LogP contribution in [0.15, 0.2) is 46.9 Å². The summed E-state index contributed by atoms with van der Waals surface area (Å²) >= 11 is 0. The van der Waals surface area contributed by atoms with E-state index in [2.05, 4.69) is 15.6 Å². The number of amides is 4. The number of urea groups is 1. The molecule has 0 aliphatic carbocycles. The molecule has 1 aromatic heterocycles. The number of rotatable bonds is 4. The highest BCUT2D eigenvalue weighted by Gasteiger charge is 2.50. The van der Waals surface area contributed by atoms with Crippen LogP contribution in [0.1, 0.15) is 60.0 Å². The quantitative estimate of drug-likeness (QED) is 0.576. The number of piperidine rings is 1. The first-order valence-electron chi connectivity index (χ1n) is 11.7. The van der Waals surface area contributed by atoms with Gasteiger partial charge in [0.05, 0.1) is 0 Å². The number of imide groups is 1. The third-order valence-corrected chi connectivity index (χ3v) is 7.11. The van der Waals surface area contributed by atoms with Crippen LogP contribution in [0.3, 0.4) is 0 Å². The van der Waals surface area contributed by atoms with Gasteiger partial charge >= 0.3 is 6.03 Å². The topological polar surface area (TPSA) is 105 Å². The number of carbonyl (C=O) groups excluding carboxylic acids is 3. The van der Waals surface area contributed by atoms with Crippen LogP contribution >= 0.6 is 0 Å². The fraction of sp³-hybridized carbons (Fsp3) is 0.385. The number of para-hydroxylation sites is 1. The molecule has 2 fully saturated rings. The summed E-state index contributed by atoms with van der Waals surface area (Å²) in [6, 6.07) is 12.4. The van der Waals surface area contributed by atoms with Gasteiger partial charge in [0, 0.05) is 24.6 Å². The Morgan fingerprint density at radius 1 is 1.12 bits per heavy atom. The molecule has 0 saturated carbocycles. The largest absolute Gasteiger partial charge is 0.440 e. The predicted molar refractivity (Wildman–Crippen MR) is 126 cm³/mol. The van der Waals surface area contributed by atoms with Crippen molar-refractivity contribution in [1.29, 1.82) is 0 Å². The van der Waals surface area contributed by atoms with Crippen molar-refractivity contribution in [1.82, 2.24) is 20.5 Å². The van der Waals surface area contributed by atoms with E-state index in [9.17, 15) is 14.4 Å². The molecule has 0 spiro atoms. The lowest BCUT2D eigenvalue weighted by Gasteiger charge is -2.32. The van der Waals surface area contributed by atoms with Crippen LogP contribution in [0, 0.1) is 12.8 Å². The van der Waals surface area contributed by atoms with E-state index in [0.29, 0.717) is 24.2 Å². The minimum Gasteiger partial charge on any atom is -0.440 e. The molecule has 0 bridgehead atoms. The molecule has 3 heterocycles. The lowest BCUT2D eigenvalue weighted by atomic mass is 9.79. The maximum absolute atomic E-state index is 13.1. The molecule has 5 rings (SSSR count). The Hall–Kier alpha value is -3.68. The highest BCUT2D eigenvalue weighted by Crippen LogP contribution is 2.34. The van der Waals surface area contributed by atoms with E-state index in [1.165, 1.54) is 0 Å². The molecular formula is C26H28N4O4. The summed E-state index contributed by atoms with van der Waals surface area (Å²) in [7, 11) is 0. The molecule has 2 saturated heterocycles. The van der Waals surface area contributed by atoms with E-state index in [1.807, 2.05) is 43.9 Å². The van der Waals surface area contributed by atoms with Crippen LogP contribution in [0.5, 0.6) is 0 Å². The van der Waals surface area contributed by atoms with Gasteiger partial charge in [-0.05, 0) is 55.0 Å². The van der Waals surface area contributed by atoms with Gasteiger partial charge < -0.3 is 14.6 Å². The smallest absolute Gasteiger partial charge is 0.322 e. The second kappa shape index (κ2) is 8.27. The average molecular weight is 461 g/mol. The van der Waals surface area contributed by atoms with E-state index in [4.69, 9.17) is 4.42 Å². The molecule has 2 aromatic carbocycles. The molecule has 8 nitrogen and oxygen atoms in total. The van der Waals surface area contributed by atoms with Crippen molar-refractivity contribution in [3.05, 3.63) is 65.0 Å². The van der Waals surface area contributed by atoms with Crippen LogP contribution in [0.2, 0.25) is 0 Å².